The third-order valence-corrected chi connectivity index (χ3v) is 2.41. The summed E-state index contributed by atoms with van der Waals surface area (Å²) in [5.74, 6) is 0.499. The van der Waals surface area contributed by atoms with Gasteiger partial charge in [-0.25, -0.2) is 0 Å². The molecule has 2 heteroatoms. The van der Waals surface area contributed by atoms with Crippen LogP contribution in [0.1, 0.15) is 32.1 Å². The lowest BCUT2D eigenvalue weighted by Gasteiger charge is -2.26. The van der Waals surface area contributed by atoms with Gasteiger partial charge in [0.25, 0.3) is 0 Å². The van der Waals surface area contributed by atoms with Gasteiger partial charge >= 0.3 is 0 Å². The third kappa shape index (κ3) is 1.96. The summed E-state index contributed by atoms with van der Waals surface area (Å²) in [6.45, 7) is 0.724. The predicted molar refractivity (Wildman–Crippen MR) is 41.6 cm³/mol. The molecule has 0 aromatic heterocycles. The number of hydrogen-bond acceptors (Lipinski definition) is 2. The van der Waals surface area contributed by atoms with Crippen LogP contribution in [0.5, 0.6) is 0 Å². The Kier molecular flexibility index (Phi) is 3.16. The normalized spacial score (nSPS) is 34.2. The Hall–Kier alpha value is -0.0800. The average molecular weight is 143 g/mol. The van der Waals surface area contributed by atoms with Gasteiger partial charge in [0.15, 0.2) is 0 Å². The van der Waals surface area contributed by atoms with Gasteiger partial charge in [0.1, 0.15) is 0 Å². The maximum atomic E-state index is 9.44. The molecule has 1 aliphatic carbocycles. The zero-order valence-corrected chi connectivity index (χ0v) is 6.42. The van der Waals surface area contributed by atoms with Gasteiger partial charge in [-0.05, 0) is 31.7 Å². The minimum atomic E-state index is -0.0581. The van der Waals surface area contributed by atoms with Gasteiger partial charge in [-0.3, -0.25) is 0 Å². The maximum Gasteiger partial charge on any atom is 0.0568 e. The van der Waals surface area contributed by atoms with Crippen LogP contribution in [0.4, 0.5) is 0 Å². The minimum absolute atomic E-state index is 0.0581. The van der Waals surface area contributed by atoms with Crippen molar-refractivity contribution in [1.29, 1.82) is 0 Å². The second-order valence-electron chi connectivity index (χ2n) is 3.19. The molecule has 0 aromatic carbocycles. The van der Waals surface area contributed by atoms with E-state index in [1.807, 2.05) is 0 Å². The quantitative estimate of drug-likeness (QED) is 0.603. The van der Waals surface area contributed by atoms with E-state index in [1.54, 1.807) is 0 Å². The summed E-state index contributed by atoms with van der Waals surface area (Å²) >= 11 is 0. The molecule has 0 aromatic rings. The van der Waals surface area contributed by atoms with E-state index in [9.17, 15) is 5.11 Å². The number of aliphatic hydroxyl groups is 1. The van der Waals surface area contributed by atoms with Crippen molar-refractivity contribution < 1.29 is 5.11 Å². The molecule has 1 fully saturated rings. The van der Waals surface area contributed by atoms with E-state index >= 15 is 0 Å². The summed E-state index contributed by atoms with van der Waals surface area (Å²) in [7, 11) is 0. The molecule has 0 bridgehead atoms. The van der Waals surface area contributed by atoms with Crippen molar-refractivity contribution in [2.24, 2.45) is 11.7 Å². The Morgan fingerprint density at radius 3 is 2.60 bits per heavy atom. The molecule has 2 nitrogen and oxygen atoms in total. The maximum absolute atomic E-state index is 9.44. The van der Waals surface area contributed by atoms with E-state index in [-0.39, 0.29) is 6.10 Å². The van der Waals surface area contributed by atoms with Gasteiger partial charge in [-0.15, -0.1) is 0 Å². The molecule has 3 N–H and O–H groups in total. The van der Waals surface area contributed by atoms with Gasteiger partial charge < -0.3 is 10.8 Å². The fourth-order valence-corrected chi connectivity index (χ4v) is 1.74. The van der Waals surface area contributed by atoms with Gasteiger partial charge in [-0.2, -0.15) is 0 Å². The molecular formula is C8H17NO. The Morgan fingerprint density at radius 1 is 1.30 bits per heavy atom. The Labute approximate surface area is 62.4 Å². The van der Waals surface area contributed by atoms with Crippen molar-refractivity contribution in [3.63, 3.8) is 0 Å². The first-order valence-electron chi connectivity index (χ1n) is 4.22. The summed E-state index contributed by atoms with van der Waals surface area (Å²) < 4.78 is 0. The molecule has 0 saturated heterocycles. The van der Waals surface area contributed by atoms with Crippen molar-refractivity contribution in [1.82, 2.24) is 0 Å². The van der Waals surface area contributed by atoms with Crippen LogP contribution in [0.3, 0.4) is 0 Å². The van der Waals surface area contributed by atoms with Crippen LogP contribution in [0, 0.1) is 5.92 Å². The summed E-state index contributed by atoms with van der Waals surface area (Å²) in [4.78, 5) is 0. The number of rotatable bonds is 2. The topological polar surface area (TPSA) is 46.2 Å². The first-order valence-corrected chi connectivity index (χ1v) is 4.22. The average Bonchev–Trinajstić information content (AvgIpc) is 1.94. The molecule has 0 aliphatic heterocycles. The van der Waals surface area contributed by atoms with Gasteiger partial charge in [0.2, 0.25) is 0 Å². The van der Waals surface area contributed by atoms with Crippen LogP contribution in [-0.2, 0) is 0 Å². The highest BCUT2D eigenvalue weighted by molar-refractivity contribution is 4.74. The van der Waals surface area contributed by atoms with Crippen LogP contribution in [0.2, 0.25) is 0 Å². The standard InChI is InChI=1S/C8H17NO/c9-6-5-7-3-1-2-4-8(7)10/h7-8,10H,1-6,9H2/t7-,8-/m0/s1. The van der Waals surface area contributed by atoms with Gasteiger partial charge in [0.05, 0.1) is 6.10 Å². The van der Waals surface area contributed by atoms with Gasteiger partial charge in [-0.1, -0.05) is 12.8 Å². The van der Waals surface area contributed by atoms with Crippen LogP contribution in [0.15, 0.2) is 0 Å². The van der Waals surface area contributed by atoms with E-state index in [1.165, 1.54) is 19.3 Å². The monoisotopic (exact) mass is 143 g/mol. The fraction of sp³-hybridized carbons (Fsp3) is 1.00. The summed E-state index contributed by atoms with van der Waals surface area (Å²) in [6, 6.07) is 0. The van der Waals surface area contributed by atoms with Crippen LogP contribution >= 0.6 is 0 Å². The molecule has 1 aliphatic rings. The molecule has 2 atom stereocenters. The van der Waals surface area contributed by atoms with Crippen LogP contribution in [-0.4, -0.2) is 17.8 Å². The third-order valence-electron chi connectivity index (χ3n) is 2.41. The lowest BCUT2D eigenvalue weighted by molar-refractivity contribution is 0.0666. The highest BCUT2D eigenvalue weighted by atomic mass is 16.3. The van der Waals surface area contributed by atoms with Crippen LogP contribution in [0.25, 0.3) is 0 Å². The van der Waals surface area contributed by atoms with E-state index in [2.05, 4.69) is 0 Å². The molecule has 60 valence electrons. The number of nitrogens with two attached hydrogens (primary N) is 1. The second kappa shape index (κ2) is 3.94. The van der Waals surface area contributed by atoms with E-state index in [4.69, 9.17) is 5.73 Å². The van der Waals surface area contributed by atoms with Gasteiger partial charge in [0, 0.05) is 0 Å². The van der Waals surface area contributed by atoms with Crippen molar-refractivity contribution in [3.05, 3.63) is 0 Å². The molecule has 0 spiro atoms. The van der Waals surface area contributed by atoms with Crippen molar-refractivity contribution in [3.8, 4) is 0 Å². The molecule has 0 unspecified atom stereocenters. The first kappa shape index (κ1) is 8.02. The van der Waals surface area contributed by atoms with E-state index in [0.29, 0.717) is 5.92 Å². The van der Waals surface area contributed by atoms with E-state index in [0.717, 1.165) is 19.4 Å². The molecule has 0 amide bonds. The summed E-state index contributed by atoms with van der Waals surface area (Å²) in [5.41, 5.74) is 5.41. The first-order chi connectivity index (χ1) is 4.84. The zero-order chi connectivity index (χ0) is 7.40. The smallest absolute Gasteiger partial charge is 0.0568 e. The molecule has 1 rings (SSSR count). The lowest BCUT2D eigenvalue weighted by Crippen LogP contribution is -2.26. The Bertz CT molecular complexity index is 93.3. The summed E-state index contributed by atoms with van der Waals surface area (Å²) in [5, 5.41) is 9.44. The summed E-state index contributed by atoms with van der Waals surface area (Å²) in [6.07, 6.45) is 5.59. The SMILES string of the molecule is NCC[C@@H]1CCCC[C@@H]1O. The molecule has 10 heavy (non-hydrogen) atoms. The van der Waals surface area contributed by atoms with Crippen LogP contribution < -0.4 is 5.73 Å². The molecular weight excluding hydrogens is 126 g/mol. The fourth-order valence-electron chi connectivity index (χ4n) is 1.74. The largest absolute Gasteiger partial charge is 0.393 e. The lowest BCUT2D eigenvalue weighted by atomic mass is 9.84. The predicted octanol–water partition coefficient (Wildman–Crippen LogP) is 0.886. The van der Waals surface area contributed by atoms with Crippen molar-refractivity contribution in [2.45, 2.75) is 38.2 Å². The minimum Gasteiger partial charge on any atom is -0.393 e. The highest BCUT2D eigenvalue weighted by Gasteiger charge is 2.21. The molecule has 0 heterocycles. The highest BCUT2D eigenvalue weighted by Crippen LogP contribution is 2.26. The second-order valence-corrected chi connectivity index (χ2v) is 3.19. The van der Waals surface area contributed by atoms with Crippen molar-refractivity contribution >= 4 is 0 Å². The Balaban J connectivity index is 2.25. The number of hydrogen-bond donors (Lipinski definition) is 2. The van der Waals surface area contributed by atoms with E-state index < -0.39 is 0 Å². The molecule has 0 radical (unpaired) electrons. The Morgan fingerprint density at radius 2 is 2.00 bits per heavy atom. The molecule has 1 saturated carbocycles. The number of aliphatic hydroxyl groups excluding tert-OH is 1. The van der Waals surface area contributed by atoms with Crippen molar-refractivity contribution in [2.75, 3.05) is 6.54 Å². The zero-order valence-electron chi connectivity index (χ0n) is 6.42.